The molecule has 0 aromatic heterocycles. The van der Waals surface area contributed by atoms with Crippen molar-refractivity contribution in [1.82, 2.24) is 4.90 Å². The summed E-state index contributed by atoms with van der Waals surface area (Å²) in [5.74, 6) is 4.19. The molecule has 30 heavy (non-hydrogen) atoms. The van der Waals surface area contributed by atoms with Crippen molar-refractivity contribution >= 4 is 11.5 Å². The second-order valence-corrected chi connectivity index (χ2v) is 11.0. The highest BCUT2D eigenvalue weighted by molar-refractivity contribution is 5.78. The molecule has 1 amide bonds. The Hall–Kier alpha value is -1.77. The summed E-state index contributed by atoms with van der Waals surface area (Å²) in [6.07, 6.45) is 9.21. The number of carbonyl (C=O) groups is 1. The molecule has 2 saturated carbocycles. The monoisotopic (exact) mass is 407 g/mol. The molecule has 4 aliphatic rings. The van der Waals surface area contributed by atoms with E-state index in [1.54, 1.807) is 7.11 Å². The number of hydrogen-bond donors (Lipinski definition) is 0. The number of likely N-dealkylation sites (tertiary alicyclic amines) is 1. The largest absolute Gasteiger partial charge is 0.496 e. The molecule has 3 aliphatic carbocycles. The van der Waals surface area contributed by atoms with Gasteiger partial charge in [-0.2, -0.15) is 0 Å². The van der Waals surface area contributed by atoms with Gasteiger partial charge in [0.05, 0.1) is 7.11 Å². The van der Waals surface area contributed by atoms with Crippen molar-refractivity contribution in [1.29, 1.82) is 0 Å². The average molecular weight is 408 g/mol. The Morgan fingerprint density at radius 3 is 2.67 bits per heavy atom. The molecule has 0 N–H and O–H groups in total. The van der Waals surface area contributed by atoms with Gasteiger partial charge in [-0.25, -0.2) is 0 Å². The molecule has 1 saturated heterocycles. The van der Waals surface area contributed by atoms with Gasteiger partial charge in [-0.1, -0.05) is 45.0 Å². The number of methoxy groups -OCH3 is 1. The maximum Gasteiger partial charge on any atom is 0.222 e. The van der Waals surface area contributed by atoms with Gasteiger partial charge >= 0.3 is 0 Å². The highest BCUT2D eigenvalue weighted by atomic mass is 16.5. The van der Waals surface area contributed by atoms with Gasteiger partial charge in [-0.05, 0) is 78.2 Å². The minimum absolute atomic E-state index is 0.226. The Morgan fingerprint density at radius 2 is 1.90 bits per heavy atom. The summed E-state index contributed by atoms with van der Waals surface area (Å²) in [5, 5.41) is 0. The first-order valence-corrected chi connectivity index (χ1v) is 11.9. The molecule has 0 bridgehead atoms. The van der Waals surface area contributed by atoms with E-state index >= 15 is 0 Å². The summed E-state index contributed by atoms with van der Waals surface area (Å²) in [6.45, 7) is 7.50. The van der Waals surface area contributed by atoms with Crippen LogP contribution in [0.2, 0.25) is 0 Å². The van der Waals surface area contributed by atoms with Crippen LogP contribution in [-0.4, -0.2) is 31.0 Å². The van der Waals surface area contributed by atoms with Crippen molar-refractivity contribution in [2.75, 3.05) is 14.2 Å². The summed E-state index contributed by atoms with van der Waals surface area (Å²) < 4.78 is 5.74. The van der Waals surface area contributed by atoms with E-state index in [4.69, 9.17) is 4.74 Å². The lowest BCUT2D eigenvalue weighted by molar-refractivity contribution is -0.162. The number of amides is 1. The molecule has 7 atom stereocenters. The number of para-hydroxylation sites is 1. The van der Waals surface area contributed by atoms with Crippen LogP contribution in [0.4, 0.5) is 0 Å². The van der Waals surface area contributed by atoms with Crippen LogP contribution in [-0.2, 0) is 4.79 Å². The first-order chi connectivity index (χ1) is 14.3. The van der Waals surface area contributed by atoms with Crippen LogP contribution in [0.25, 0.3) is 5.57 Å². The van der Waals surface area contributed by atoms with Gasteiger partial charge in [0.1, 0.15) is 5.75 Å². The Balaban J connectivity index is 1.50. The lowest BCUT2D eigenvalue weighted by atomic mass is 9.44. The first kappa shape index (κ1) is 20.2. The van der Waals surface area contributed by atoms with Gasteiger partial charge in [-0.3, -0.25) is 4.79 Å². The Morgan fingerprint density at radius 1 is 1.13 bits per heavy atom. The summed E-state index contributed by atoms with van der Waals surface area (Å²) >= 11 is 0. The second-order valence-electron chi connectivity index (χ2n) is 11.0. The molecule has 1 aliphatic heterocycles. The summed E-state index contributed by atoms with van der Waals surface area (Å²) in [6, 6.07) is 8.97. The van der Waals surface area contributed by atoms with Crippen LogP contribution in [0.15, 0.2) is 30.3 Å². The molecule has 3 nitrogen and oxygen atoms in total. The topological polar surface area (TPSA) is 29.5 Å². The van der Waals surface area contributed by atoms with E-state index in [1.807, 2.05) is 0 Å². The van der Waals surface area contributed by atoms with E-state index in [0.717, 1.165) is 36.8 Å². The number of fused-ring (bicyclic) bond motifs is 5. The molecule has 0 radical (unpaired) electrons. The van der Waals surface area contributed by atoms with Crippen LogP contribution < -0.4 is 4.74 Å². The van der Waals surface area contributed by atoms with Crippen LogP contribution in [0.5, 0.6) is 5.75 Å². The average Bonchev–Trinajstić information content (AvgIpc) is 3.09. The van der Waals surface area contributed by atoms with Crippen molar-refractivity contribution in [3.63, 3.8) is 0 Å². The van der Waals surface area contributed by atoms with Crippen LogP contribution in [0.1, 0.15) is 64.9 Å². The van der Waals surface area contributed by atoms with Gasteiger partial charge in [-0.15, -0.1) is 0 Å². The van der Waals surface area contributed by atoms with Gasteiger partial charge in [0.25, 0.3) is 0 Å². The minimum Gasteiger partial charge on any atom is -0.496 e. The number of carbonyl (C=O) groups excluding carboxylic acids is 1. The van der Waals surface area contributed by atoms with E-state index in [-0.39, 0.29) is 10.8 Å². The van der Waals surface area contributed by atoms with Crippen molar-refractivity contribution in [2.45, 2.75) is 65.3 Å². The normalized spacial score (nSPS) is 42.8. The van der Waals surface area contributed by atoms with E-state index < -0.39 is 0 Å². The number of piperidine rings is 1. The van der Waals surface area contributed by atoms with Crippen LogP contribution in [0.3, 0.4) is 0 Å². The van der Waals surface area contributed by atoms with Gasteiger partial charge in [0, 0.05) is 25.1 Å². The molecule has 0 unspecified atom stereocenters. The zero-order chi connectivity index (χ0) is 21.3. The van der Waals surface area contributed by atoms with E-state index in [1.165, 1.54) is 30.4 Å². The summed E-state index contributed by atoms with van der Waals surface area (Å²) in [4.78, 5) is 14.6. The third-order valence-corrected chi connectivity index (χ3v) is 9.91. The molecular formula is C27H37NO2. The second kappa shape index (κ2) is 6.87. The molecule has 3 heteroatoms. The lowest BCUT2D eigenvalue weighted by Gasteiger charge is -2.63. The molecule has 162 valence electrons. The Labute approximate surface area is 181 Å². The molecular weight excluding hydrogens is 370 g/mol. The van der Waals surface area contributed by atoms with Gasteiger partial charge in [0.15, 0.2) is 0 Å². The van der Waals surface area contributed by atoms with Crippen LogP contribution >= 0.6 is 0 Å². The number of nitrogens with zero attached hydrogens (tertiary/aromatic N) is 1. The third kappa shape index (κ3) is 2.59. The standard InChI is InChI=1S/C27H37NO2/c1-17-16-23-27(3,15-13-24(29)28(23)4)21-12-14-26(2)19(10-11-20(26)25(17)21)18-8-6-7-9-22(18)30-5/h6-10,17,20-21,23,25H,11-16H2,1-5H3/t17-,20-,21-,23+,25-,26+,27+/m0/s1. The quantitative estimate of drug-likeness (QED) is 0.620. The van der Waals surface area contributed by atoms with Crippen molar-refractivity contribution in [2.24, 2.45) is 34.5 Å². The van der Waals surface area contributed by atoms with Crippen LogP contribution in [0, 0.1) is 34.5 Å². The highest BCUT2D eigenvalue weighted by Crippen LogP contribution is 2.67. The van der Waals surface area contributed by atoms with Crippen molar-refractivity contribution in [3.05, 3.63) is 35.9 Å². The number of benzene rings is 1. The molecule has 0 spiro atoms. The number of allylic oxidation sites excluding steroid dienone is 2. The fraction of sp³-hybridized carbons (Fsp3) is 0.667. The lowest BCUT2D eigenvalue weighted by Crippen LogP contribution is -2.63. The molecule has 1 aromatic carbocycles. The SMILES string of the molecule is COc1ccccc1C1=CC[C@H]2[C@@H]3[C@@H](C)C[C@H]4N(C)C(=O)CC[C@]4(C)[C@H]3CC[C@]12C. The molecule has 5 rings (SSSR count). The Bertz CT molecular complexity index is 891. The first-order valence-electron chi connectivity index (χ1n) is 11.9. The van der Waals surface area contributed by atoms with Gasteiger partial charge < -0.3 is 9.64 Å². The summed E-state index contributed by atoms with van der Waals surface area (Å²) in [5.41, 5.74) is 3.30. The maximum atomic E-state index is 12.5. The zero-order valence-corrected chi connectivity index (χ0v) is 19.3. The molecule has 3 fully saturated rings. The fourth-order valence-electron chi connectivity index (χ4n) is 8.32. The predicted molar refractivity (Wildman–Crippen MR) is 121 cm³/mol. The van der Waals surface area contributed by atoms with Crippen molar-refractivity contribution in [3.8, 4) is 5.75 Å². The molecule has 1 heterocycles. The Kier molecular flexibility index (Phi) is 4.61. The fourth-order valence-corrected chi connectivity index (χ4v) is 8.32. The zero-order valence-electron chi connectivity index (χ0n) is 19.3. The number of ether oxygens (including phenoxy) is 1. The number of rotatable bonds is 2. The van der Waals surface area contributed by atoms with Crippen molar-refractivity contribution < 1.29 is 9.53 Å². The minimum atomic E-state index is 0.226. The maximum absolute atomic E-state index is 12.5. The smallest absolute Gasteiger partial charge is 0.222 e. The van der Waals surface area contributed by atoms with E-state index in [2.05, 4.69) is 63.1 Å². The summed E-state index contributed by atoms with van der Waals surface area (Å²) in [7, 11) is 3.84. The van der Waals surface area contributed by atoms with E-state index in [9.17, 15) is 4.79 Å². The number of hydrogen-bond acceptors (Lipinski definition) is 2. The van der Waals surface area contributed by atoms with Gasteiger partial charge in [0.2, 0.25) is 5.91 Å². The highest BCUT2D eigenvalue weighted by Gasteiger charge is 2.61. The third-order valence-electron chi connectivity index (χ3n) is 9.91. The molecule has 1 aromatic rings. The predicted octanol–water partition coefficient (Wildman–Crippen LogP) is 5.80. The van der Waals surface area contributed by atoms with E-state index in [0.29, 0.717) is 23.8 Å².